The SMILES string of the molecule is CCCN(CCC)CCOc1ccc(C(C2=CCCC=C2)=C2CC2)cc1. The van der Waals surface area contributed by atoms with E-state index in [1.807, 2.05) is 0 Å². The molecule has 0 aliphatic heterocycles. The summed E-state index contributed by atoms with van der Waals surface area (Å²) in [5.74, 6) is 0.981. The molecule has 0 spiro atoms. The molecule has 2 heteroatoms. The molecule has 26 heavy (non-hydrogen) atoms. The summed E-state index contributed by atoms with van der Waals surface area (Å²) in [6.45, 7) is 8.58. The number of ether oxygens (including phenoxy) is 1. The molecule has 1 saturated carbocycles. The first kappa shape index (κ1) is 19.0. The number of hydrogen-bond acceptors (Lipinski definition) is 2. The predicted molar refractivity (Wildman–Crippen MR) is 112 cm³/mol. The standard InChI is InChI=1S/C24H33NO/c1-3-16-25(17-4-2)18-19-26-23-14-12-22(13-15-23)24(21-10-11-21)20-8-6-5-7-9-20/h6,8-9,12-15H,3-5,7,10-11,16-19H2,1-2H3. The van der Waals surface area contributed by atoms with Crippen LogP contribution in [-0.4, -0.2) is 31.1 Å². The van der Waals surface area contributed by atoms with Gasteiger partial charge in [0.1, 0.15) is 12.4 Å². The molecule has 0 atom stereocenters. The third-order valence-electron chi connectivity index (χ3n) is 5.04. The summed E-state index contributed by atoms with van der Waals surface area (Å²) in [6, 6.07) is 8.73. The Labute approximate surface area is 159 Å². The van der Waals surface area contributed by atoms with Crippen LogP contribution in [0, 0.1) is 0 Å². The highest BCUT2D eigenvalue weighted by atomic mass is 16.5. The molecule has 0 N–H and O–H groups in total. The van der Waals surface area contributed by atoms with Gasteiger partial charge >= 0.3 is 0 Å². The van der Waals surface area contributed by atoms with Crippen LogP contribution in [0.5, 0.6) is 5.75 Å². The van der Waals surface area contributed by atoms with Crippen molar-refractivity contribution in [3.05, 3.63) is 59.2 Å². The molecule has 0 amide bonds. The van der Waals surface area contributed by atoms with Gasteiger partial charge in [-0.05, 0) is 80.5 Å². The van der Waals surface area contributed by atoms with Crippen LogP contribution in [0.3, 0.4) is 0 Å². The molecule has 2 nitrogen and oxygen atoms in total. The van der Waals surface area contributed by atoms with Gasteiger partial charge in [-0.3, -0.25) is 4.90 Å². The maximum absolute atomic E-state index is 6.00. The zero-order valence-electron chi connectivity index (χ0n) is 16.5. The van der Waals surface area contributed by atoms with E-state index in [0.29, 0.717) is 0 Å². The Morgan fingerprint density at radius 2 is 1.69 bits per heavy atom. The number of allylic oxidation sites excluding steroid dienone is 6. The second-order valence-electron chi connectivity index (χ2n) is 7.33. The minimum atomic E-state index is 0.765. The lowest BCUT2D eigenvalue weighted by atomic mass is 9.93. The Balaban J connectivity index is 1.59. The summed E-state index contributed by atoms with van der Waals surface area (Å²) in [5, 5.41) is 0. The van der Waals surface area contributed by atoms with E-state index in [1.165, 1.54) is 48.8 Å². The summed E-state index contributed by atoms with van der Waals surface area (Å²) >= 11 is 0. The Hall–Kier alpha value is -1.80. The predicted octanol–water partition coefficient (Wildman–Crippen LogP) is 6.01. The molecule has 0 radical (unpaired) electrons. The fourth-order valence-corrected chi connectivity index (χ4v) is 3.66. The lowest BCUT2D eigenvalue weighted by Gasteiger charge is -2.21. The normalized spacial score (nSPS) is 16.0. The van der Waals surface area contributed by atoms with E-state index in [2.05, 4.69) is 61.2 Å². The molecule has 3 rings (SSSR count). The Morgan fingerprint density at radius 3 is 2.27 bits per heavy atom. The molecule has 0 bridgehead atoms. The van der Waals surface area contributed by atoms with Crippen LogP contribution >= 0.6 is 0 Å². The second-order valence-corrected chi connectivity index (χ2v) is 7.33. The highest BCUT2D eigenvalue weighted by Crippen LogP contribution is 2.41. The zero-order valence-corrected chi connectivity index (χ0v) is 16.5. The van der Waals surface area contributed by atoms with Crippen LogP contribution in [0.25, 0.3) is 5.57 Å². The number of nitrogens with zero attached hydrogens (tertiary/aromatic N) is 1. The van der Waals surface area contributed by atoms with E-state index in [4.69, 9.17) is 4.74 Å². The highest BCUT2D eigenvalue weighted by molar-refractivity contribution is 5.86. The fraction of sp³-hybridized carbons (Fsp3) is 0.500. The van der Waals surface area contributed by atoms with Crippen LogP contribution in [0.15, 0.2) is 53.6 Å². The molecular formula is C24H33NO. The van der Waals surface area contributed by atoms with Crippen molar-refractivity contribution in [3.63, 3.8) is 0 Å². The maximum Gasteiger partial charge on any atom is 0.119 e. The summed E-state index contributed by atoms with van der Waals surface area (Å²) in [6.07, 6.45) is 14.2. The monoisotopic (exact) mass is 351 g/mol. The molecule has 1 aromatic carbocycles. The van der Waals surface area contributed by atoms with E-state index in [-0.39, 0.29) is 0 Å². The van der Waals surface area contributed by atoms with Crippen LogP contribution in [-0.2, 0) is 0 Å². The maximum atomic E-state index is 6.00. The molecule has 0 unspecified atom stereocenters. The zero-order chi connectivity index (χ0) is 18.2. The lowest BCUT2D eigenvalue weighted by molar-refractivity contribution is 0.209. The van der Waals surface area contributed by atoms with Crippen molar-refractivity contribution < 1.29 is 4.74 Å². The largest absolute Gasteiger partial charge is 0.492 e. The molecule has 1 fully saturated rings. The number of benzene rings is 1. The van der Waals surface area contributed by atoms with Crippen LogP contribution in [0.4, 0.5) is 0 Å². The third kappa shape index (κ3) is 5.35. The van der Waals surface area contributed by atoms with E-state index < -0.39 is 0 Å². The van der Waals surface area contributed by atoms with Crippen LogP contribution < -0.4 is 4.74 Å². The van der Waals surface area contributed by atoms with Gasteiger partial charge in [0.25, 0.3) is 0 Å². The summed E-state index contributed by atoms with van der Waals surface area (Å²) in [4.78, 5) is 2.49. The first-order valence-electron chi connectivity index (χ1n) is 10.4. The minimum Gasteiger partial charge on any atom is -0.492 e. The van der Waals surface area contributed by atoms with Crippen molar-refractivity contribution in [1.82, 2.24) is 4.90 Å². The van der Waals surface area contributed by atoms with Gasteiger partial charge in [0, 0.05) is 6.54 Å². The summed E-state index contributed by atoms with van der Waals surface area (Å²) in [7, 11) is 0. The van der Waals surface area contributed by atoms with E-state index >= 15 is 0 Å². The Kier molecular flexibility index (Phi) is 7.13. The topological polar surface area (TPSA) is 12.5 Å². The molecule has 0 aromatic heterocycles. The molecule has 1 aromatic rings. The smallest absolute Gasteiger partial charge is 0.119 e. The van der Waals surface area contributed by atoms with Gasteiger partial charge in [0.15, 0.2) is 0 Å². The summed E-state index contributed by atoms with van der Waals surface area (Å²) in [5.41, 5.74) is 5.81. The lowest BCUT2D eigenvalue weighted by Crippen LogP contribution is -2.30. The molecule has 140 valence electrons. The van der Waals surface area contributed by atoms with Crippen molar-refractivity contribution >= 4 is 5.57 Å². The fourth-order valence-electron chi connectivity index (χ4n) is 3.66. The van der Waals surface area contributed by atoms with Gasteiger partial charge in [-0.1, -0.05) is 49.8 Å². The van der Waals surface area contributed by atoms with Crippen molar-refractivity contribution in [2.24, 2.45) is 0 Å². The van der Waals surface area contributed by atoms with E-state index in [1.54, 1.807) is 5.57 Å². The molecule has 2 aliphatic carbocycles. The van der Waals surface area contributed by atoms with Gasteiger partial charge in [0.05, 0.1) is 0 Å². The quantitative estimate of drug-likeness (QED) is 0.512. The molecule has 2 aliphatic rings. The van der Waals surface area contributed by atoms with Gasteiger partial charge in [-0.2, -0.15) is 0 Å². The van der Waals surface area contributed by atoms with Crippen molar-refractivity contribution in [2.45, 2.75) is 52.4 Å². The average molecular weight is 352 g/mol. The van der Waals surface area contributed by atoms with E-state index in [9.17, 15) is 0 Å². The first-order valence-corrected chi connectivity index (χ1v) is 10.4. The van der Waals surface area contributed by atoms with Crippen molar-refractivity contribution in [1.29, 1.82) is 0 Å². The van der Waals surface area contributed by atoms with Crippen LogP contribution in [0.2, 0.25) is 0 Å². The van der Waals surface area contributed by atoms with Gasteiger partial charge in [-0.15, -0.1) is 0 Å². The minimum absolute atomic E-state index is 0.765. The van der Waals surface area contributed by atoms with Gasteiger partial charge < -0.3 is 4.74 Å². The molecule has 0 heterocycles. The Bertz CT molecular complexity index is 654. The van der Waals surface area contributed by atoms with Crippen LogP contribution in [0.1, 0.15) is 57.9 Å². The van der Waals surface area contributed by atoms with Gasteiger partial charge in [-0.25, -0.2) is 0 Å². The average Bonchev–Trinajstić information content (AvgIpc) is 3.49. The summed E-state index contributed by atoms with van der Waals surface area (Å²) < 4.78 is 6.00. The number of rotatable bonds is 10. The van der Waals surface area contributed by atoms with E-state index in [0.717, 1.165) is 38.4 Å². The second kappa shape index (κ2) is 9.78. The highest BCUT2D eigenvalue weighted by Gasteiger charge is 2.21. The first-order chi connectivity index (χ1) is 12.8. The number of hydrogen-bond donors (Lipinski definition) is 0. The van der Waals surface area contributed by atoms with Gasteiger partial charge in [0.2, 0.25) is 0 Å². The molecule has 0 saturated heterocycles. The molecular weight excluding hydrogens is 318 g/mol. The third-order valence-corrected chi connectivity index (χ3v) is 5.04. The Morgan fingerprint density at radius 1 is 0.962 bits per heavy atom. The van der Waals surface area contributed by atoms with Crippen molar-refractivity contribution in [2.75, 3.05) is 26.2 Å². The van der Waals surface area contributed by atoms with Crippen molar-refractivity contribution in [3.8, 4) is 5.75 Å².